The molecule has 0 aliphatic carbocycles. The Balaban J connectivity index is 1.43. The van der Waals surface area contributed by atoms with Gasteiger partial charge in [-0.15, -0.1) is 0 Å². The van der Waals surface area contributed by atoms with E-state index in [1.54, 1.807) is 24.4 Å². The lowest BCUT2D eigenvalue weighted by molar-refractivity contribution is 0.113. The number of H-pyrrole nitrogens is 1. The van der Waals surface area contributed by atoms with Gasteiger partial charge in [-0.3, -0.25) is 19.6 Å². The van der Waals surface area contributed by atoms with Crippen molar-refractivity contribution in [3.8, 4) is 0 Å². The highest BCUT2D eigenvalue weighted by Gasteiger charge is 2.34. The second-order valence-electron chi connectivity index (χ2n) is 7.13. The van der Waals surface area contributed by atoms with E-state index in [0.29, 0.717) is 24.0 Å². The van der Waals surface area contributed by atoms with Crippen molar-refractivity contribution in [2.75, 3.05) is 13.1 Å². The third-order valence-corrected chi connectivity index (χ3v) is 5.37. The predicted molar refractivity (Wildman–Crippen MR) is 92.6 cm³/mol. The van der Waals surface area contributed by atoms with E-state index in [1.165, 1.54) is 4.52 Å². The van der Waals surface area contributed by atoms with Crippen LogP contribution in [0.5, 0.6) is 0 Å². The van der Waals surface area contributed by atoms with Crippen LogP contribution in [-0.4, -0.2) is 37.2 Å². The second kappa shape index (κ2) is 5.42. The zero-order chi connectivity index (χ0) is 17.0. The van der Waals surface area contributed by atoms with Crippen LogP contribution < -0.4 is 11.1 Å². The van der Waals surface area contributed by atoms with Gasteiger partial charge >= 0.3 is 0 Å². The van der Waals surface area contributed by atoms with Gasteiger partial charge in [0.15, 0.2) is 5.65 Å². The number of hydrogen-bond donors (Lipinski definition) is 1. The van der Waals surface area contributed by atoms with Crippen molar-refractivity contribution in [2.45, 2.75) is 25.4 Å². The van der Waals surface area contributed by atoms with Crippen molar-refractivity contribution in [1.82, 2.24) is 24.1 Å². The largest absolute Gasteiger partial charge is 0.312 e. The molecule has 128 valence electrons. The van der Waals surface area contributed by atoms with Crippen molar-refractivity contribution < 1.29 is 0 Å². The number of aromatic amines is 1. The number of nitrogens with zero attached hydrogens (tertiary/aromatic N) is 4. The number of fused-ring (bicyclic) bond motifs is 5. The quantitative estimate of drug-likeness (QED) is 0.751. The van der Waals surface area contributed by atoms with Crippen molar-refractivity contribution in [2.24, 2.45) is 5.92 Å². The van der Waals surface area contributed by atoms with Crippen molar-refractivity contribution >= 4 is 5.65 Å². The first-order valence-corrected chi connectivity index (χ1v) is 8.65. The van der Waals surface area contributed by atoms with E-state index >= 15 is 0 Å². The van der Waals surface area contributed by atoms with E-state index in [2.05, 4.69) is 21.0 Å². The average molecular weight is 337 g/mol. The molecule has 0 aromatic carbocycles. The minimum Gasteiger partial charge on any atom is -0.312 e. The Labute approximate surface area is 143 Å². The molecule has 0 radical (unpaired) electrons. The summed E-state index contributed by atoms with van der Waals surface area (Å²) in [6, 6.07) is 8.98. The van der Waals surface area contributed by atoms with Gasteiger partial charge in [-0.1, -0.05) is 6.07 Å². The van der Waals surface area contributed by atoms with E-state index in [9.17, 15) is 9.59 Å². The third kappa shape index (κ3) is 2.42. The van der Waals surface area contributed by atoms with Gasteiger partial charge in [0.1, 0.15) is 0 Å². The van der Waals surface area contributed by atoms with Gasteiger partial charge in [-0.05, 0) is 18.4 Å². The SMILES string of the molecule is O=c1cccc2n1C[C@H]1C[C@@H]2CN(Cc2cc(=O)n3[nH]ccc3n2)C1. The number of nitrogens with one attached hydrogen (secondary N) is 1. The molecule has 1 saturated heterocycles. The number of rotatable bonds is 2. The van der Waals surface area contributed by atoms with Crippen molar-refractivity contribution in [3.63, 3.8) is 0 Å². The molecule has 7 nitrogen and oxygen atoms in total. The van der Waals surface area contributed by atoms with Crippen LogP contribution >= 0.6 is 0 Å². The Morgan fingerprint density at radius 2 is 2.04 bits per heavy atom. The molecule has 0 saturated carbocycles. The normalized spacial score (nSPS) is 22.9. The summed E-state index contributed by atoms with van der Waals surface area (Å²) in [5.41, 5.74) is 2.61. The molecule has 2 atom stereocenters. The molecule has 2 aliphatic rings. The van der Waals surface area contributed by atoms with Gasteiger partial charge in [-0.25, -0.2) is 9.50 Å². The lowest BCUT2D eigenvalue weighted by Crippen LogP contribution is -2.46. The second-order valence-corrected chi connectivity index (χ2v) is 7.13. The fraction of sp³-hybridized carbons (Fsp3) is 0.389. The van der Waals surface area contributed by atoms with E-state index in [1.807, 2.05) is 10.6 Å². The molecule has 0 amide bonds. The molecule has 5 rings (SSSR count). The highest BCUT2D eigenvalue weighted by atomic mass is 16.1. The number of piperidine rings is 1. The van der Waals surface area contributed by atoms with E-state index in [4.69, 9.17) is 0 Å². The number of likely N-dealkylation sites (tertiary alicyclic amines) is 1. The first-order valence-electron chi connectivity index (χ1n) is 8.65. The lowest BCUT2D eigenvalue weighted by atomic mass is 9.83. The molecule has 3 aromatic rings. The minimum absolute atomic E-state index is 0.0842. The summed E-state index contributed by atoms with van der Waals surface area (Å²) in [4.78, 5) is 31.2. The van der Waals surface area contributed by atoms with Crippen LogP contribution in [0.2, 0.25) is 0 Å². The Morgan fingerprint density at radius 1 is 1.12 bits per heavy atom. The molecule has 1 fully saturated rings. The molecule has 0 unspecified atom stereocenters. The number of pyridine rings is 1. The molecular formula is C18H19N5O2. The van der Waals surface area contributed by atoms with Crippen LogP contribution in [0.3, 0.4) is 0 Å². The van der Waals surface area contributed by atoms with Crippen LogP contribution in [0.15, 0.2) is 46.1 Å². The molecule has 5 heterocycles. The standard InChI is InChI=1S/C18H19N5O2/c24-17-3-1-2-15-13-6-12(9-22(15)17)8-21(10-13)11-14-7-18(25)23-16(20-14)4-5-19-23/h1-5,7,12-13,19H,6,8-11H2/t12-,13+/m0/s1. The Kier molecular flexibility index (Phi) is 3.18. The van der Waals surface area contributed by atoms with Crippen LogP contribution in [0.1, 0.15) is 23.7 Å². The first-order chi connectivity index (χ1) is 12.2. The molecule has 7 heteroatoms. The van der Waals surface area contributed by atoms with Gasteiger partial charge in [0.25, 0.3) is 11.1 Å². The zero-order valence-corrected chi connectivity index (χ0v) is 13.8. The Bertz CT molecular complexity index is 1060. The summed E-state index contributed by atoms with van der Waals surface area (Å²) < 4.78 is 3.38. The topological polar surface area (TPSA) is 75.4 Å². The molecule has 1 N–H and O–H groups in total. The van der Waals surface area contributed by atoms with E-state index < -0.39 is 0 Å². The number of aromatic nitrogens is 4. The van der Waals surface area contributed by atoms with Gasteiger partial charge in [0, 0.05) is 62.2 Å². The summed E-state index contributed by atoms with van der Waals surface area (Å²) >= 11 is 0. The predicted octanol–water partition coefficient (Wildman–Crippen LogP) is 0.804. The maximum Gasteiger partial charge on any atom is 0.272 e. The summed E-state index contributed by atoms with van der Waals surface area (Å²) in [6.45, 7) is 3.29. The summed E-state index contributed by atoms with van der Waals surface area (Å²) in [5, 5.41) is 2.86. The Morgan fingerprint density at radius 3 is 2.96 bits per heavy atom. The molecule has 2 bridgehead atoms. The summed E-state index contributed by atoms with van der Waals surface area (Å²) in [6.07, 6.45) is 2.85. The van der Waals surface area contributed by atoms with Crippen LogP contribution in [0, 0.1) is 5.92 Å². The van der Waals surface area contributed by atoms with Gasteiger partial charge in [0.2, 0.25) is 0 Å². The minimum atomic E-state index is -0.0842. The maximum atomic E-state index is 12.1. The first kappa shape index (κ1) is 14.7. The van der Waals surface area contributed by atoms with Crippen LogP contribution in [0.4, 0.5) is 0 Å². The molecule has 0 spiro atoms. The summed E-state index contributed by atoms with van der Waals surface area (Å²) in [7, 11) is 0. The molecule has 25 heavy (non-hydrogen) atoms. The third-order valence-electron chi connectivity index (χ3n) is 5.37. The van der Waals surface area contributed by atoms with Crippen LogP contribution in [0.25, 0.3) is 5.65 Å². The average Bonchev–Trinajstić information content (AvgIpc) is 3.05. The van der Waals surface area contributed by atoms with E-state index in [0.717, 1.165) is 37.4 Å². The van der Waals surface area contributed by atoms with Crippen molar-refractivity contribution in [3.05, 3.63) is 68.6 Å². The van der Waals surface area contributed by atoms with E-state index in [-0.39, 0.29) is 11.1 Å². The maximum absolute atomic E-state index is 12.1. The fourth-order valence-electron chi connectivity index (χ4n) is 4.41. The fourth-order valence-corrected chi connectivity index (χ4v) is 4.41. The summed E-state index contributed by atoms with van der Waals surface area (Å²) in [5.74, 6) is 0.849. The number of hydrogen-bond acceptors (Lipinski definition) is 4. The van der Waals surface area contributed by atoms with Gasteiger partial charge in [0.05, 0.1) is 5.69 Å². The van der Waals surface area contributed by atoms with Gasteiger partial charge in [-0.2, -0.15) is 0 Å². The Hall–Kier alpha value is -2.67. The monoisotopic (exact) mass is 337 g/mol. The van der Waals surface area contributed by atoms with Gasteiger partial charge < -0.3 is 4.57 Å². The lowest BCUT2D eigenvalue weighted by Gasteiger charge is -2.42. The highest BCUT2D eigenvalue weighted by Crippen LogP contribution is 2.35. The molecule has 2 aliphatic heterocycles. The highest BCUT2D eigenvalue weighted by molar-refractivity contribution is 5.36. The zero-order valence-electron chi connectivity index (χ0n) is 13.8. The van der Waals surface area contributed by atoms with Crippen LogP contribution in [-0.2, 0) is 13.1 Å². The smallest absolute Gasteiger partial charge is 0.272 e. The molecule has 3 aromatic heterocycles. The molecular weight excluding hydrogens is 318 g/mol. The van der Waals surface area contributed by atoms with Crippen molar-refractivity contribution in [1.29, 1.82) is 0 Å².